The highest BCUT2D eigenvalue weighted by Gasteiger charge is 2.19. The summed E-state index contributed by atoms with van der Waals surface area (Å²) in [6, 6.07) is 3.99. The number of anilines is 1. The lowest BCUT2D eigenvalue weighted by Gasteiger charge is -2.19. The number of rotatable bonds is 2. The molecular weight excluding hydrogens is 216 g/mol. The number of hydrogen-bond donors (Lipinski definition) is 1. The van der Waals surface area contributed by atoms with Gasteiger partial charge in [0.25, 0.3) is 0 Å². The van der Waals surface area contributed by atoms with Crippen molar-refractivity contribution in [1.82, 2.24) is 25.6 Å². The van der Waals surface area contributed by atoms with Crippen LogP contribution in [0.4, 0.5) is 5.82 Å². The summed E-state index contributed by atoms with van der Waals surface area (Å²) >= 11 is 0. The zero-order valence-corrected chi connectivity index (χ0v) is 9.72. The van der Waals surface area contributed by atoms with E-state index in [2.05, 4.69) is 30.5 Å². The Balaban J connectivity index is 2.07. The first kappa shape index (κ1) is 10.2. The van der Waals surface area contributed by atoms with Gasteiger partial charge in [-0.1, -0.05) is 0 Å². The fraction of sp³-hybridized carbons (Fsp3) is 0.455. The Morgan fingerprint density at radius 3 is 2.76 bits per heavy atom. The van der Waals surface area contributed by atoms with Crippen molar-refractivity contribution in [3.63, 3.8) is 0 Å². The molecule has 0 unspecified atom stereocenters. The van der Waals surface area contributed by atoms with Gasteiger partial charge in [0.15, 0.2) is 0 Å². The van der Waals surface area contributed by atoms with E-state index >= 15 is 0 Å². The average molecular weight is 230 g/mol. The second kappa shape index (κ2) is 4.12. The van der Waals surface area contributed by atoms with E-state index in [1.807, 2.05) is 19.1 Å². The fourth-order valence-electron chi connectivity index (χ4n) is 2.16. The lowest BCUT2D eigenvalue weighted by atomic mass is 10.2. The maximum atomic E-state index is 4.62. The molecule has 0 amide bonds. The van der Waals surface area contributed by atoms with Crippen LogP contribution in [-0.4, -0.2) is 38.7 Å². The summed E-state index contributed by atoms with van der Waals surface area (Å²) in [5.74, 6) is 1.59. The third-order valence-electron chi connectivity index (χ3n) is 3.01. The van der Waals surface area contributed by atoms with E-state index in [1.54, 1.807) is 0 Å². The minimum Gasteiger partial charge on any atom is -0.356 e. The van der Waals surface area contributed by atoms with Gasteiger partial charge in [-0.2, -0.15) is 5.21 Å². The standard InChI is InChI=1S/C11H14N6/c1-8-4-5-9(10-13-15-16-14-10)11(12-8)17-6-2-3-7-17/h4-5H,2-3,6-7H2,1H3,(H,13,14,15,16). The van der Waals surface area contributed by atoms with Crippen LogP contribution in [0.5, 0.6) is 0 Å². The predicted octanol–water partition coefficient (Wildman–Crippen LogP) is 1.17. The fourth-order valence-corrected chi connectivity index (χ4v) is 2.16. The van der Waals surface area contributed by atoms with E-state index in [4.69, 9.17) is 0 Å². The van der Waals surface area contributed by atoms with E-state index in [0.717, 1.165) is 30.2 Å². The molecule has 1 aliphatic rings. The van der Waals surface area contributed by atoms with Gasteiger partial charge in [-0.15, -0.1) is 10.2 Å². The third-order valence-corrected chi connectivity index (χ3v) is 3.01. The largest absolute Gasteiger partial charge is 0.356 e. The summed E-state index contributed by atoms with van der Waals surface area (Å²) in [5.41, 5.74) is 1.96. The molecule has 1 saturated heterocycles. The molecule has 2 aromatic heterocycles. The molecule has 0 spiro atoms. The zero-order valence-electron chi connectivity index (χ0n) is 9.72. The first-order valence-corrected chi connectivity index (χ1v) is 5.81. The first-order chi connectivity index (χ1) is 8.34. The van der Waals surface area contributed by atoms with E-state index < -0.39 is 0 Å². The van der Waals surface area contributed by atoms with Gasteiger partial charge in [0.1, 0.15) is 5.82 Å². The lowest BCUT2D eigenvalue weighted by molar-refractivity contribution is 0.881. The maximum Gasteiger partial charge on any atom is 0.208 e. The van der Waals surface area contributed by atoms with Crippen LogP contribution in [0.15, 0.2) is 12.1 Å². The highest BCUT2D eigenvalue weighted by atomic mass is 15.5. The van der Waals surface area contributed by atoms with Crippen molar-refractivity contribution in [1.29, 1.82) is 0 Å². The molecule has 0 aromatic carbocycles. The Hall–Kier alpha value is -1.98. The van der Waals surface area contributed by atoms with Gasteiger partial charge >= 0.3 is 0 Å². The molecule has 17 heavy (non-hydrogen) atoms. The van der Waals surface area contributed by atoms with Crippen LogP contribution in [0.1, 0.15) is 18.5 Å². The summed E-state index contributed by atoms with van der Waals surface area (Å²) in [6.45, 7) is 4.11. The van der Waals surface area contributed by atoms with Crippen LogP contribution in [0.25, 0.3) is 11.4 Å². The molecule has 0 saturated carbocycles. The maximum absolute atomic E-state index is 4.62. The Morgan fingerprint density at radius 2 is 2.06 bits per heavy atom. The monoisotopic (exact) mass is 230 g/mol. The van der Waals surface area contributed by atoms with Crippen LogP contribution in [0, 0.1) is 6.92 Å². The van der Waals surface area contributed by atoms with Crippen molar-refractivity contribution in [3.8, 4) is 11.4 Å². The predicted molar refractivity (Wildman–Crippen MR) is 63.6 cm³/mol. The van der Waals surface area contributed by atoms with E-state index in [1.165, 1.54) is 12.8 Å². The van der Waals surface area contributed by atoms with Gasteiger partial charge in [0, 0.05) is 18.8 Å². The van der Waals surface area contributed by atoms with Crippen LogP contribution in [0.2, 0.25) is 0 Å². The third kappa shape index (κ3) is 1.86. The molecular formula is C11H14N6. The number of H-pyrrole nitrogens is 1. The average Bonchev–Trinajstić information content (AvgIpc) is 3.02. The molecule has 3 rings (SSSR count). The molecule has 3 heterocycles. The SMILES string of the molecule is Cc1ccc(-c2nn[nH]n2)c(N2CCCC2)n1. The Kier molecular flexibility index (Phi) is 2.47. The summed E-state index contributed by atoms with van der Waals surface area (Å²) in [4.78, 5) is 6.91. The molecule has 6 nitrogen and oxygen atoms in total. The first-order valence-electron chi connectivity index (χ1n) is 5.81. The second-order valence-electron chi connectivity index (χ2n) is 4.25. The minimum absolute atomic E-state index is 0.611. The second-order valence-corrected chi connectivity index (χ2v) is 4.25. The molecule has 1 N–H and O–H groups in total. The molecule has 0 aliphatic carbocycles. The number of aryl methyl sites for hydroxylation is 1. The van der Waals surface area contributed by atoms with Gasteiger partial charge in [-0.3, -0.25) is 0 Å². The number of pyridine rings is 1. The molecule has 6 heteroatoms. The van der Waals surface area contributed by atoms with Crippen LogP contribution in [0.3, 0.4) is 0 Å². The van der Waals surface area contributed by atoms with Crippen molar-refractivity contribution >= 4 is 5.82 Å². The highest BCUT2D eigenvalue weighted by molar-refractivity contribution is 5.71. The number of hydrogen-bond acceptors (Lipinski definition) is 5. The summed E-state index contributed by atoms with van der Waals surface area (Å²) in [5, 5.41) is 14.2. The van der Waals surface area contributed by atoms with E-state index in [-0.39, 0.29) is 0 Å². The van der Waals surface area contributed by atoms with Gasteiger partial charge in [-0.25, -0.2) is 4.98 Å². The molecule has 88 valence electrons. The quantitative estimate of drug-likeness (QED) is 0.838. The van der Waals surface area contributed by atoms with Crippen molar-refractivity contribution < 1.29 is 0 Å². The van der Waals surface area contributed by atoms with Crippen molar-refractivity contribution in [2.24, 2.45) is 0 Å². The van der Waals surface area contributed by atoms with Gasteiger partial charge in [0.2, 0.25) is 5.82 Å². The van der Waals surface area contributed by atoms with Crippen LogP contribution in [-0.2, 0) is 0 Å². The summed E-state index contributed by atoms with van der Waals surface area (Å²) < 4.78 is 0. The topological polar surface area (TPSA) is 70.6 Å². The zero-order chi connectivity index (χ0) is 11.7. The number of tetrazole rings is 1. The molecule has 1 fully saturated rings. The lowest BCUT2D eigenvalue weighted by Crippen LogP contribution is -2.20. The van der Waals surface area contributed by atoms with Crippen molar-refractivity contribution in [2.75, 3.05) is 18.0 Å². The van der Waals surface area contributed by atoms with Crippen molar-refractivity contribution in [3.05, 3.63) is 17.8 Å². The number of nitrogens with zero attached hydrogens (tertiary/aromatic N) is 5. The molecule has 2 aromatic rings. The number of aromatic amines is 1. The van der Waals surface area contributed by atoms with Gasteiger partial charge < -0.3 is 4.90 Å². The summed E-state index contributed by atoms with van der Waals surface area (Å²) in [6.07, 6.45) is 2.45. The van der Waals surface area contributed by atoms with E-state index in [9.17, 15) is 0 Å². The Labute approximate surface area is 99.1 Å². The number of nitrogens with one attached hydrogen (secondary N) is 1. The van der Waals surface area contributed by atoms with Gasteiger partial charge in [-0.05, 0) is 37.1 Å². The molecule has 0 atom stereocenters. The molecule has 0 bridgehead atoms. The highest BCUT2D eigenvalue weighted by Crippen LogP contribution is 2.28. The number of aromatic nitrogens is 5. The molecule has 1 aliphatic heterocycles. The Morgan fingerprint density at radius 1 is 1.24 bits per heavy atom. The summed E-state index contributed by atoms with van der Waals surface area (Å²) in [7, 11) is 0. The van der Waals surface area contributed by atoms with Crippen LogP contribution >= 0.6 is 0 Å². The van der Waals surface area contributed by atoms with Gasteiger partial charge in [0.05, 0.1) is 5.56 Å². The van der Waals surface area contributed by atoms with Crippen LogP contribution < -0.4 is 4.90 Å². The van der Waals surface area contributed by atoms with E-state index in [0.29, 0.717) is 5.82 Å². The smallest absolute Gasteiger partial charge is 0.208 e. The Bertz CT molecular complexity index is 501. The molecule has 0 radical (unpaired) electrons. The normalized spacial score (nSPS) is 15.5. The van der Waals surface area contributed by atoms with Crippen molar-refractivity contribution in [2.45, 2.75) is 19.8 Å². The minimum atomic E-state index is 0.611.